The summed E-state index contributed by atoms with van der Waals surface area (Å²) in [5, 5.41) is 12.3. The Hall–Kier alpha value is -3.09. The fraction of sp³-hybridized carbons (Fsp3) is 0.409. The van der Waals surface area contributed by atoms with E-state index >= 15 is 0 Å². The van der Waals surface area contributed by atoms with Crippen LogP contribution in [0.2, 0.25) is 0 Å². The molecule has 3 atom stereocenters. The highest BCUT2D eigenvalue weighted by atomic mass is 16.5. The predicted octanol–water partition coefficient (Wildman–Crippen LogP) is 3.03. The fourth-order valence-corrected chi connectivity index (χ4v) is 4.68. The molecule has 0 unspecified atom stereocenters. The number of carboxylic acids is 1. The van der Waals surface area contributed by atoms with Crippen LogP contribution in [0.3, 0.4) is 0 Å². The van der Waals surface area contributed by atoms with Crippen molar-refractivity contribution >= 4 is 17.7 Å². The van der Waals surface area contributed by atoms with E-state index in [1.807, 2.05) is 25.1 Å². The topological polar surface area (TPSA) is 91.8 Å². The predicted molar refractivity (Wildman–Crippen MR) is 109 cm³/mol. The Kier molecular flexibility index (Phi) is 5.13. The van der Waals surface area contributed by atoms with Gasteiger partial charge < -0.3 is 20.1 Å². The number of hydrogen-bond donors (Lipinski definition) is 2. The lowest BCUT2D eigenvalue weighted by molar-refractivity contribution is 0.0696. The minimum atomic E-state index is -0.971. The van der Waals surface area contributed by atoms with Crippen molar-refractivity contribution in [2.45, 2.75) is 50.7 Å². The second-order valence-corrected chi connectivity index (χ2v) is 7.78. The number of ether oxygens (including phenoxy) is 1. The first-order chi connectivity index (χ1) is 14.0. The van der Waals surface area contributed by atoms with Crippen molar-refractivity contribution in [2.24, 2.45) is 0 Å². The lowest BCUT2D eigenvalue weighted by atomic mass is 9.96. The molecule has 7 nitrogen and oxygen atoms in total. The molecule has 7 heteroatoms. The van der Waals surface area contributed by atoms with Crippen molar-refractivity contribution in [3.63, 3.8) is 0 Å². The van der Waals surface area contributed by atoms with Gasteiger partial charge >= 0.3 is 5.97 Å². The number of piperidine rings is 1. The lowest BCUT2D eigenvalue weighted by Gasteiger charge is -2.40. The molecule has 29 heavy (non-hydrogen) atoms. The van der Waals surface area contributed by atoms with Gasteiger partial charge in [0.05, 0.1) is 12.7 Å². The number of aromatic nitrogens is 1. The van der Waals surface area contributed by atoms with Crippen LogP contribution in [0, 0.1) is 6.92 Å². The maximum atomic E-state index is 12.8. The van der Waals surface area contributed by atoms with Gasteiger partial charge in [-0.25, -0.2) is 9.78 Å². The van der Waals surface area contributed by atoms with Crippen molar-refractivity contribution in [2.75, 3.05) is 12.0 Å². The van der Waals surface area contributed by atoms with Gasteiger partial charge in [-0.15, -0.1) is 0 Å². The molecule has 0 aliphatic carbocycles. The minimum Gasteiger partial charge on any atom is -0.496 e. The van der Waals surface area contributed by atoms with Gasteiger partial charge in [-0.1, -0.05) is 6.07 Å². The average Bonchev–Trinajstić information content (AvgIpc) is 2.98. The van der Waals surface area contributed by atoms with Crippen LogP contribution < -0.4 is 15.0 Å². The van der Waals surface area contributed by atoms with E-state index in [1.165, 1.54) is 6.20 Å². The van der Waals surface area contributed by atoms with Crippen LogP contribution >= 0.6 is 0 Å². The van der Waals surface area contributed by atoms with Crippen LogP contribution in [0.15, 0.2) is 36.5 Å². The molecule has 2 aliphatic heterocycles. The van der Waals surface area contributed by atoms with E-state index in [1.54, 1.807) is 19.2 Å². The normalized spacial score (nSPS) is 23.0. The Morgan fingerprint density at radius 3 is 2.48 bits per heavy atom. The Balaban J connectivity index is 1.45. The Labute approximate surface area is 169 Å². The number of rotatable bonds is 5. The Morgan fingerprint density at radius 2 is 1.90 bits per heavy atom. The number of carboxylic acid groups (broad SMARTS) is 1. The second-order valence-electron chi connectivity index (χ2n) is 7.78. The number of nitrogens with one attached hydrogen (secondary N) is 1. The van der Waals surface area contributed by atoms with Crippen LogP contribution in [0.5, 0.6) is 5.75 Å². The number of aromatic carboxylic acids is 1. The van der Waals surface area contributed by atoms with Crippen LogP contribution in [-0.4, -0.2) is 47.2 Å². The second kappa shape index (κ2) is 7.73. The molecule has 0 saturated carbocycles. The minimum absolute atomic E-state index is 0.0665. The van der Waals surface area contributed by atoms with E-state index in [4.69, 9.17) is 9.84 Å². The average molecular weight is 395 g/mol. The highest BCUT2D eigenvalue weighted by molar-refractivity contribution is 5.96. The van der Waals surface area contributed by atoms with Crippen LogP contribution in [0.1, 0.15) is 52.0 Å². The van der Waals surface area contributed by atoms with Gasteiger partial charge in [-0.2, -0.15) is 0 Å². The summed E-state index contributed by atoms with van der Waals surface area (Å²) in [6.07, 6.45) is 5.23. The molecule has 0 radical (unpaired) electrons. The van der Waals surface area contributed by atoms with E-state index in [0.717, 1.165) is 37.1 Å². The molecule has 2 aliphatic rings. The fourth-order valence-electron chi connectivity index (χ4n) is 4.68. The molecule has 2 N–H and O–H groups in total. The molecule has 2 saturated heterocycles. The van der Waals surface area contributed by atoms with Gasteiger partial charge in [0.2, 0.25) is 0 Å². The molecule has 2 bridgehead atoms. The van der Waals surface area contributed by atoms with Gasteiger partial charge in [-0.3, -0.25) is 4.79 Å². The van der Waals surface area contributed by atoms with E-state index in [9.17, 15) is 9.59 Å². The first-order valence-corrected chi connectivity index (χ1v) is 9.90. The molecule has 2 aromatic rings. The number of benzene rings is 1. The highest BCUT2D eigenvalue weighted by Crippen LogP contribution is 2.38. The van der Waals surface area contributed by atoms with Crippen molar-refractivity contribution in [1.82, 2.24) is 10.3 Å². The summed E-state index contributed by atoms with van der Waals surface area (Å²) in [6.45, 7) is 1.90. The molecule has 1 aromatic heterocycles. The number of nitrogens with zero attached hydrogens (tertiary/aromatic N) is 2. The zero-order valence-electron chi connectivity index (χ0n) is 16.6. The molecule has 4 rings (SSSR count). The number of pyridine rings is 1. The van der Waals surface area contributed by atoms with Gasteiger partial charge in [0.1, 0.15) is 11.6 Å². The Morgan fingerprint density at radius 1 is 1.17 bits per heavy atom. The van der Waals surface area contributed by atoms with Gasteiger partial charge in [-0.05, 0) is 56.9 Å². The van der Waals surface area contributed by atoms with Crippen LogP contribution in [-0.2, 0) is 0 Å². The van der Waals surface area contributed by atoms with Crippen molar-refractivity contribution < 1.29 is 19.4 Å². The number of fused-ring (bicyclic) bond motifs is 2. The van der Waals surface area contributed by atoms with Crippen LogP contribution in [0.4, 0.5) is 5.82 Å². The smallest absolute Gasteiger partial charge is 0.337 e. The maximum absolute atomic E-state index is 12.8. The highest BCUT2D eigenvalue weighted by Gasteiger charge is 2.41. The molecule has 1 aromatic carbocycles. The molecule has 1 amide bonds. The van der Waals surface area contributed by atoms with Gasteiger partial charge in [0.15, 0.2) is 0 Å². The largest absolute Gasteiger partial charge is 0.496 e. The SMILES string of the molecule is COc1cccc(C(=O)N[C@H]2C[C@H]3CC[C@@H](C2)N3c2ccc(C(=O)O)cn2)c1C. The number of anilines is 1. The molecule has 3 heterocycles. The molecular weight excluding hydrogens is 370 g/mol. The number of hydrogen-bond acceptors (Lipinski definition) is 5. The maximum Gasteiger partial charge on any atom is 0.337 e. The van der Waals surface area contributed by atoms with Gasteiger partial charge in [0.25, 0.3) is 5.91 Å². The number of amides is 1. The molecule has 152 valence electrons. The quantitative estimate of drug-likeness (QED) is 0.809. The lowest BCUT2D eigenvalue weighted by Crippen LogP contribution is -2.50. The number of methoxy groups -OCH3 is 1. The number of carbonyl (C=O) groups is 2. The van der Waals surface area contributed by atoms with E-state index in [2.05, 4.69) is 15.2 Å². The summed E-state index contributed by atoms with van der Waals surface area (Å²) in [5.74, 6) is 0.490. The zero-order chi connectivity index (χ0) is 20.5. The van der Waals surface area contributed by atoms with Crippen molar-refractivity contribution in [3.8, 4) is 5.75 Å². The third-order valence-electron chi connectivity index (χ3n) is 6.08. The summed E-state index contributed by atoms with van der Waals surface area (Å²) in [7, 11) is 1.61. The summed E-state index contributed by atoms with van der Waals surface area (Å²) in [4.78, 5) is 30.6. The summed E-state index contributed by atoms with van der Waals surface area (Å²) in [6, 6.07) is 9.61. The monoisotopic (exact) mass is 395 g/mol. The summed E-state index contributed by atoms with van der Waals surface area (Å²) < 4.78 is 5.33. The zero-order valence-corrected chi connectivity index (χ0v) is 16.6. The van der Waals surface area contributed by atoms with E-state index < -0.39 is 5.97 Å². The first-order valence-electron chi connectivity index (χ1n) is 9.90. The summed E-state index contributed by atoms with van der Waals surface area (Å²) in [5.41, 5.74) is 1.68. The molecular formula is C22H25N3O4. The third kappa shape index (κ3) is 3.64. The third-order valence-corrected chi connectivity index (χ3v) is 6.08. The number of carbonyl (C=O) groups excluding carboxylic acids is 1. The van der Waals surface area contributed by atoms with E-state index in [-0.39, 0.29) is 17.5 Å². The summed E-state index contributed by atoms with van der Waals surface area (Å²) >= 11 is 0. The Bertz CT molecular complexity index is 914. The van der Waals surface area contributed by atoms with Crippen molar-refractivity contribution in [1.29, 1.82) is 0 Å². The molecule has 0 spiro atoms. The van der Waals surface area contributed by atoms with Gasteiger partial charge in [0, 0.05) is 35.4 Å². The standard InChI is InChI=1S/C22H25N3O4/c1-13-18(4-3-5-19(13)29-2)21(26)24-15-10-16-7-8-17(11-15)25(16)20-9-6-14(12-23-20)22(27)28/h3-6,9,12,15-17H,7-8,10-11H2,1-2H3,(H,24,26)(H,27,28)/t15-,16+,17-. The van der Waals surface area contributed by atoms with Crippen LogP contribution in [0.25, 0.3) is 0 Å². The van der Waals surface area contributed by atoms with Crippen molar-refractivity contribution in [3.05, 3.63) is 53.2 Å². The first kappa shape index (κ1) is 19.2. The molecule has 2 fully saturated rings. The van der Waals surface area contributed by atoms with E-state index in [0.29, 0.717) is 23.4 Å².